The standard InChI is InChI=1S/C14H16F3N5O3S/c1-3-22(4-2)26(24,25)10-7-5-9(6-8-10)11(23)18-13-19-12(20-21-13)14(15,16)17/h5-8H,3-4H2,1-2H3,(H2,18,19,20,21,23). The lowest BCUT2D eigenvalue weighted by atomic mass is 10.2. The molecule has 1 heterocycles. The fourth-order valence-corrected chi connectivity index (χ4v) is 3.57. The van der Waals surface area contributed by atoms with E-state index in [2.05, 4.69) is 15.4 Å². The van der Waals surface area contributed by atoms with E-state index in [4.69, 9.17) is 0 Å². The molecule has 26 heavy (non-hydrogen) atoms. The van der Waals surface area contributed by atoms with Crippen LogP contribution in [0.4, 0.5) is 19.1 Å². The van der Waals surface area contributed by atoms with Gasteiger partial charge in [-0.15, -0.1) is 5.10 Å². The van der Waals surface area contributed by atoms with Gasteiger partial charge in [-0.1, -0.05) is 13.8 Å². The van der Waals surface area contributed by atoms with E-state index in [0.29, 0.717) is 13.1 Å². The molecule has 2 aromatic rings. The molecule has 1 aromatic heterocycles. The molecule has 0 spiro atoms. The van der Waals surface area contributed by atoms with Crippen molar-refractivity contribution < 1.29 is 26.4 Å². The zero-order valence-electron chi connectivity index (χ0n) is 13.8. The summed E-state index contributed by atoms with van der Waals surface area (Å²) in [6.07, 6.45) is -4.71. The van der Waals surface area contributed by atoms with Crippen molar-refractivity contribution in [1.82, 2.24) is 19.5 Å². The number of amides is 1. The number of rotatable bonds is 6. The molecule has 0 fully saturated rings. The van der Waals surface area contributed by atoms with Gasteiger partial charge in [0, 0.05) is 18.7 Å². The zero-order chi connectivity index (χ0) is 19.5. The number of nitrogens with one attached hydrogen (secondary N) is 2. The van der Waals surface area contributed by atoms with E-state index in [-0.39, 0.29) is 10.5 Å². The van der Waals surface area contributed by atoms with Crippen LogP contribution < -0.4 is 5.32 Å². The van der Waals surface area contributed by atoms with Gasteiger partial charge in [0.25, 0.3) is 5.91 Å². The summed E-state index contributed by atoms with van der Waals surface area (Å²) in [5, 5.41) is 7.03. The predicted molar refractivity (Wildman–Crippen MR) is 85.9 cm³/mol. The molecule has 8 nitrogen and oxygen atoms in total. The highest BCUT2D eigenvalue weighted by Gasteiger charge is 2.35. The molecule has 2 rings (SSSR count). The summed E-state index contributed by atoms with van der Waals surface area (Å²) in [6, 6.07) is 5.01. The number of aromatic nitrogens is 3. The fraction of sp³-hybridized carbons (Fsp3) is 0.357. The maximum Gasteiger partial charge on any atom is 0.451 e. The number of nitrogens with zero attached hydrogens (tertiary/aromatic N) is 3. The van der Waals surface area contributed by atoms with Gasteiger partial charge in [0.15, 0.2) is 0 Å². The Labute approximate surface area is 147 Å². The molecule has 0 saturated carbocycles. The van der Waals surface area contributed by atoms with Crippen molar-refractivity contribution in [2.45, 2.75) is 24.9 Å². The molecule has 0 bridgehead atoms. The third-order valence-electron chi connectivity index (χ3n) is 3.44. The quantitative estimate of drug-likeness (QED) is 0.784. The van der Waals surface area contributed by atoms with Crippen molar-refractivity contribution in [3.8, 4) is 0 Å². The summed E-state index contributed by atoms with van der Waals surface area (Å²) in [7, 11) is -3.67. The molecular formula is C14H16F3N5O3S. The van der Waals surface area contributed by atoms with E-state index in [9.17, 15) is 26.4 Å². The molecule has 1 amide bonds. The van der Waals surface area contributed by atoms with E-state index < -0.39 is 33.9 Å². The number of sulfonamides is 1. The van der Waals surface area contributed by atoms with Crippen molar-refractivity contribution >= 4 is 21.9 Å². The third-order valence-corrected chi connectivity index (χ3v) is 5.50. The third kappa shape index (κ3) is 4.19. The fourth-order valence-electron chi connectivity index (χ4n) is 2.11. The van der Waals surface area contributed by atoms with Crippen LogP contribution in [-0.4, -0.2) is 46.9 Å². The number of aromatic amines is 1. The number of alkyl halides is 3. The first kappa shape index (κ1) is 19.8. The minimum atomic E-state index is -4.71. The Balaban J connectivity index is 2.15. The number of hydrogen-bond acceptors (Lipinski definition) is 5. The van der Waals surface area contributed by atoms with E-state index in [1.54, 1.807) is 18.9 Å². The van der Waals surface area contributed by atoms with Gasteiger partial charge in [-0.25, -0.2) is 8.42 Å². The summed E-state index contributed by atoms with van der Waals surface area (Å²) in [4.78, 5) is 15.2. The van der Waals surface area contributed by atoms with E-state index in [1.807, 2.05) is 0 Å². The molecular weight excluding hydrogens is 375 g/mol. The molecule has 0 aliphatic carbocycles. The Morgan fingerprint density at radius 1 is 1.19 bits per heavy atom. The topological polar surface area (TPSA) is 108 Å². The number of halogens is 3. The number of carbonyl (C=O) groups is 1. The van der Waals surface area contributed by atoms with Gasteiger partial charge in [0.2, 0.25) is 21.8 Å². The Morgan fingerprint density at radius 3 is 2.23 bits per heavy atom. The molecule has 12 heteroatoms. The number of hydrogen-bond donors (Lipinski definition) is 2. The lowest BCUT2D eigenvalue weighted by molar-refractivity contribution is -0.144. The molecule has 0 saturated heterocycles. The first-order valence-corrected chi connectivity index (χ1v) is 8.94. The Bertz CT molecular complexity index is 874. The van der Waals surface area contributed by atoms with E-state index >= 15 is 0 Å². The first-order valence-electron chi connectivity index (χ1n) is 7.50. The second kappa shape index (κ2) is 7.41. The normalized spacial score (nSPS) is 12.4. The van der Waals surface area contributed by atoms with Crippen LogP contribution in [0.25, 0.3) is 0 Å². The second-order valence-corrected chi connectivity index (χ2v) is 7.01. The lowest BCUT2D eigenvalue weighted by Crippen LogP contribution is -2.30. The van der Waals surface area contributed by atoms with Crippen LogP contribution in [0, 0.1) is 0 Å². The maximum atomic E-state index is 12.4. The molecule has 0 unspecified atom stereocenters. The van der Waals surface area contributed by atoms with Crippen molar-refractivity contribution in [3.63, 3.8) is 0 Å². The first-order chi connectivity index (χ1) is 12.1. The highest BCUT2D eigenvalue weighted by atomic mass is 32.2. The summed E-state index contributed by atoms with van der Waals surface area (Å²) < 4.78 is 63.3. The number of benzene rings is 1. The summed E-state index contributed by atoms with van der Waals surface area (Å²) >= 11 is 0. The van der Waals surface area contributed by atoms with Crippen LogP contribution in [0.5, 0.6) is 0 Å². The predicted octanol–water partition coefficient (Wildman–Crippen LogP) is 2.11. The number of carbonyl (C=O) groups excluding carboxylic acids is 1. The monoisotopic (exact) mass is 391 g/mol. The van der Waals surface area contributed by atoms with Crippen LogP contribution in [0.1, 0.15) is 30.0 Å². The molecule has 0 radical (unpaired) electrons. The molecule has 1 aromatic carbocycles. The van der Waals surface area contributed by atoms with Gasteiger partial charge in [0.05, 0.1) is 4.90 Å². The van der Waals surface area contributed by atoms with Crippen LogP contribution >= 0.6 is 0 Å². The van der Waals surface area contributed by atoms with Gasteiger partial charge in [0.1, 0.15) is 0 Å². The number of anilines is 1. The minimum Gasteiger partial charge on any atom is -0.289 e. The molecule has 2 N–H and O–H groups in total. The van der Waals surface area contributed by atoms with Crippen LogP contribution in [-0.2, 0) is 16.2 Å². The minimum absolute atomic E-state index is 0.00926. The SMILES string of the molecule is CCN(CC)S(=O)(=O)c1ccc(C(=O)Nc2n[nH]c(C(F)(F)F)n2)cc1. The van der Waals surface area contributed by atoms with Gasteiger partial charge in [-0.2, -0.15) is 22.5 Å². The highest BCUT2D eigenvalue weighted by molar-refractivity contribution is 7.89. The molecule has 0 aliphatic heterocycles. The smallest absolute Gasteiger partial charge is 0.289 e. The van der Waals surface area contributed by atoms with Crippen molar-refractivity contribution in [2.24, 2.45) is 0 Å². The highest BCUT2D eigenvalue weighted by Crippen LogP contribution is 2.26. The van der Waals surface area contributed by atoms with Crippen LogP contribution in [0.2, 0.25) is 0 Å². The summed E-state index contributed by atoms with van der Waals surface area (Å²) in [5.74, 6) is -2.65. The van der Waals surface area contributed by atoms with Crippen LogP contribution in [0.3, 0.4) is 0 Å². The largest absolute Gasteiger partial charge is 0.451 e. The molecule has 142 valence electrons. The maximum absolute atomic E-state index is 12.4. The Hall–Kier alpha value is -2.47. The lowest BCUT2D eigenvalue weighted by Gasteiger charge is -2.18. The van der Waals surface area contributed by atoms with Crippen molar-refractivity contribution in [1.29, 1.82) is 0 Å². The van der Waals surface area contributed by atoms with Crippen molar-refractivity contribution in [3.05, 3.63) is 35.7 Å². The summed E-state index contributed by atoms with van der Waals surface area (Å²) in [5.41, 5.74) is 0.0434. The second-order valence-electron chi connectivity index (χ2n) is 5.07. The average molecular weight is 391 g/mol. The van der Waals surface area contributed by atoms with E-state index in [1.165, 1.54) is 28.6 Å². The van der Waals surface area contributed by atoms with Crippen LogP contribution in [0.15, 0.2) is 29.2 Å². The average Bonchev–Trinajstić information content (AvgIpc) is 3.04. The van der Waals surface area contributed by atoms with Gasteiger partial charge >= 0.3 is 6.18 Å². The Morgan fingerprint density at radius 2 is 1.77 bits per heavy atom. The summed E-state index contributed by atoms with van der Waals surface area (Å²) in [6.45, 7) is 4.00. The van der Waals surface area contributed by atoms with Gasteiger partial charge in [-0.3, -0.25) is 15.2 Å². The van der Waals surface area contributed by atoms with Gasteiger partial charge < -0.3 is 0 Å². The van der Waals surface area contributed by atoms with Gasteiger partial charge in [-0.05, 0) is 24.3 Å². The molecule has 0 aliphatic rings. The number of H-pyrrole nitrogens is 1. The van der Waals surface area contributed by atoms with Crippen molar-refractivity contribution in [2.75, 3.05) is 18.4 Å². The zero-order valence-corrected chi connectivity index (χ0v) is 14.6. The molecule has 0 atom stereocenters. The van der Waals surface area contributed by atoms with E-state index in [0.717, 1.165) is 0 Å². The Kier molecular flexibility index (Phi) is 5.66.